The Morgan fingerprint density at radius 2 is 1.79 bits per heavy atom. The van der Waals surface area contributed by atoms with Crippen LogP contribution in [0.3, 0.4) is 0 Å². The summed E-state index contributed by atoms with van der Waals surface area (Å²) in [6, 6.07) is 14.9. The highest BCUT2D eigenvalue weighted by Gasteiger charge is 2.24. The molecule has 1 aliphatic rings. The molecule has 0 unspecified atom stereocenters. The van der Waals surface area contributed by atoms with Gasteiger partial charge in [-0.05, 0) is 55.7 Å². The van der Waals surface area contributed by atoms with Crippen molar-refractivity contribution < 1.29 is 4.79 Å². The van der Waals surface area contributed by atoms with E-state index < -0.39 is 0 Å². The summed E-state index contributed by atoms with van der Waals surface area (Å²) in [4.78, 5) is 21.7. The Morgan fingerprint density at radius 3 is 2.48 bits per heavy atom. The van der Waals surface area contributed by atoms with Crippen LogP contribution < -0.4 is 4.90 Å². The number of fused-ring (bicyclic) bond motifs is 1. The minimum atomic E-state index is 0.207. The molecule has 29 heavy (non-hydrogen) atoms. The van der Waals surface area contributed by atoms with Crippen LogP contribution >= 0.6 is 11.3 Å². The summed E-state index contributed by atoms with van der Waals surface area (Å²) in [6.45, 7) is 6.33. The number of likely N-dealkylation sites (N-methyl/N-ethyl adjacent to an activating group) is 1. The van der Waals surface area contributed by atoms with Crippen LogP contribution in [0.2, 0.25) is 0 Å². The molecule has 1 aromatic heterocycles. The summed E-state index contributed by atoms with van der Waals surface area (Å²) in [6.07, 6.45) is 3.29. The molecular formula is C24H29N3OS. The van der Waals surface area contributed by atoms with Crippen molar-refractivity contribution in [2.75, 3.05) is 31.6 Å². The van der Waals surface area contributed by atoms with Crippen molar-refractivity contribution in [2.45, 2.75) is 33.1 Å². The van der Waals surface area contributed by atoms with Crippen LogP contribution in [-0.4, -0.2) is 42.5 Å². The van der Waals surface area contributed by atoms with Gasteiger partial charge < -0.3 is 9.80 Å². The number of aromatic nitrogens is 1. The molecule has 0 saturated carbocycles. The van der Waals surface area contributed by atoms with E-state index in [4.69, 9.17) is 4.98 Å². The van der Waals surface area contributed by atoms with Gasteiger partial charge in [0.05, 0.1) is 16.8 Å². The van der Waals surface area contributed by atoms with Gasteiger partial charge in [-0.2, -0.15) is 0 Å². The van der Waals surface area contributed by atoms with Gasteiger partial charge in [0, 0.05) is 20.1 Å². The zero-order valence-corrected chi connectivity index (χ0v) is 18.3. The molecule has 4 nitrogen and oxygen atoms in total. The molecular weight excluding hydrogens is 378 g/mol. The average Bonchev–Trinajstić information content (AvgIpc) is 3.19. The maximum absolute atomic E-state index is 12.9. The van der Waals surface area contributed by atoms with E-state index in [2.05, 4.69) is 56.3 Å². The molecule has 0 bridgehead atoms. The van der Waals surface area contributed by atoms with E-state index in [9.17, 15) is 4.79 Å². The summed E-state index contributed by atoms with van der Waals surface area (Å²) < 4.78 is 1.22. The summed E-state index contributed by atoms with van der Waals surface area (Å²) >= 11 is 1.68. The van der Waals surface area contributed by atoms with E-state index >= 15 is 0 Å². The Bertz CT molecular complexity index is 951. The van der Waals surface area contributed by atoms with Gasteiger partial charge in [-0.15, -0.1) is 0 Å². The lowest BCUT2D eigenvalue weighted by Gasteiger charge is -2.33. The Kier molecular flexibility index (Phi) is 5.86. The first-order chi connectivity index (χ1) is 14.0. The van der Waals surface area contributed by atoms with Gasteiger partial charge in [0.1, 0.15) is 0 Å². The minimum Gasteiger partial charge on any atom is -0.342 e. The molecule has 0 aliphatic carbocycles. The lowest BCUT2D eigenvalue weighted by atomic mass is 9.90. The smallest absolute Gasteiger partial charge is 0.242 e. The van der Waals surface area contributed by atoms with E-state index in [1.54, 1.807) is 11.3 Å². The molecule has 1 fully saturated rings. The van der Waals surface area contributed by atoms with Gasteiger partial charge in [-0.1, -0.05) is 53.8 Å². The molecule has 152 valence electrons. The van der Waals surface area contributed by atoms with Crippen LogP contribution in [0.1, 0.15) is 29.5 Å². The van der Waals surface area contributed by atoms with Crippen molar-refractivity contribution in [3.8, 4) is 0 Å². The van der Waals surface area contributed by atoms with Gasteiger partial charge in [0.15, 0.2) is 5.13 Å². The third kappa shape index (κ3) is 4.45. The molecule has 1 amide bonds. The number of rotatable bonds is 5. The SMILES string of the molecule is Cc1ccc(C)c2sc(N(C)CC(=O)N3CCC(Cc4ccccc4)CC3)nc12. The van der Waals surface area contributed by atoms with E-state index in [1.807, 2.05) is 16.8 Å². The number of hydrogen-bond donors (Lipinski definition) is 0. The Balaban J connectivity index is 1.34. The van der Waals surface area contributed by atoms with Crippen LogP contribution in [0.25, 0.3) is 10.2 Å². The fourth-order valence-electron chi connectivity index (χ4n) is 4.12. The molecule has 0 N–H and O–H groups in total. The fourth-order valence-corrected chi connectivity index (χ4v) is 5.19. The van der Waals surface area contributed by atoms with Crippen molar-refractivity contribution in [3.05, 3.63) is 59.2 Å². The van der Waals surface area contributed by atoms with Crippen molar-refractivity contribution in [1.29, 1.82) is 0 Å². The summed E-state index contributed by atoms with van der Waals surface area (Å²) in [7, 11) is 1.97. The number of carbonyl (C=O) groups is 1. The number of carbonyl (C=O) groups excluding carboxylic acids is 1. The van der Waals surface area contributed by atoms with Gasteiger partial charge in [0.25, 0.3) is 0 Å². The number of anilines is 1. The molecule has 0 radical (unpaired) electrons. The van der Waals surface area contributed by atoms with Crippen molar-refractivity contribution in [2.24, 2.45) is 5.92 Å². The van der Waals surface area contributed by atoms with Crippen LogP contribution in [0.5, 0.6) is 0 Å². The fraction of sp³-hybridized carbons (Fsp3) is 0.417. The average molecular weight is 408 g/mol. The largest absolute Gasteiger partial charge is 0.342 e. The normalized spacial score (nSPS) is 15.1. The highest BCUT2D eigenvalue weighted by molar-refractivity contribution is 7.22. The molecule has 2 heterocycles. The Hall–Kier alpha value is -2.40. The lowest BCUT2D eigenvalue weighted by molar-refractivity contribution is -0.131. The zero-order chi connectivity index (χ0) is 20.4. The van der Waals surface area contributed by atoms with E-state index in [1.165, 1.54) is 21.4 Å². The highest BCUT2D eigenvalue weighted by atomic mass is 32.1. The maximum Gasteiger partial charge on any atom is 0.242 e. The zero-order valence-electron chi connectivity index (χ0n) is 17.5. The number of hydrogen-bond acceptors (Lipinski definition) is 4. The number of nitrogens with zero attached hydrogens (tertiary/aromatic N) is 3. The molecule has 0 spiro atoms. The minimum absolute atomic E-state index is 0.207. The first-order valence-corrected chi connectivity index (χ1v) is 11.2. The van der Waals surface area contributed by atoms with Gasteiger partial charge in [0.2, 0.25) is 5.91 Å². The molecule has 3 aromatic rings. The van der Waals surface area contributed by atoms with Gasteiger partial charge in [-0.25, -0.2) is 4.98 Å². The first kappa shape index (κ1) is 19.9. The van der Waals surface area contributed by atoms with Crippen LogP contribution in [0.15, 0.2) is 42.5 Å². The quantitative estimate of drug-likeness (QED) is 0.608. The number of amides is 1. The second-order valence-corrected chi connectivity index (χ2v) is 9.22. The predicted molar refractivity (Wildman–Crippen MR) is 122 cm³/mol. The number of likely N-dealkylation sites (tertiary alicyclic amines) is 1. The Morgan fingerprint density at radius 1 is 1.10 bits per heavy atom. The molecule has 4 rings (SSSR count). The van der Waals surface area contributed by atoms with Crippen molar-refractivity contribution in [1.82, 2.24) is 9.88 Å². The number of thiazole rings is 1. The number of aryl methyl sites for hydroxylation is 2. The maximum atomic E-state index is 12.9. The first-order valence-electron chi connectivity index (χ1n) is 10.4. The van der Waals surface area contributed by atoms with E-state index in [0.29, 0.717) is 12.5 Å². The topological polar surface area (TPSA) is 36.4 Å². The monoisotopic (exact) mass is 407 g/mol. The molecule has 2 aromatic carbocycles. The predicted octanol–water partition coefficient (Wildman–Crippen LogP) is 4.83. The molecule has 1 saturated heterocycles. The summed E-state index contributed by atoms with van der Waals surface area (Å²) in [5.74, 6) is 0.882. The third-order valence-corrected chi connectivity index (χ3v) is 7.27. The second-order valence-electron chi connectivity index (χ2n) is 8.24. The standard InChI is InChI=1S/C24H29N3OS/c1-17-9-10-18(2)23-22(17)25-24(29-23)26(3)16-21(28)27-13-11-20(12-14-27)15-19-7-5-4-6-8-19/h4-10,20H,11-16H2,1-3H3. The van der Waals surface area contributed by atoms with Crippen LogP contribution in [0.4, 0.5) is 5.13 Å². The highest BCUT2D eigenvalue weighted by Crippen LogP contribution is 2.32. The molecule has 5 heteroatoms. The van der Waals surface area contributed by atoms with Crippen LogP contribution in [0, 0.1) is 19.8 Å². The lowest BCUT2D eigenvalue weighted by Crippen LogP contribution is -2.43. The third-order valence-electron chi connectivity index (χ3n) is 5.96. The number of benzene rings is 2. The van der Waals surface area contributed by atoms with E-state index in [-0.39, 0.29) is 5.91 Å². The van der Waals surface area contributed by atoms with Gasteiger partial charge in [-0.3, -0.25) is 4.79 Å². The second kappa shape index (κ2) is 8.54. The van der Waals surface area contributed by atoms with E-state index in [0.717, 1.165) is 43.0 Å². The summed E-state index contributed by atoms with van der Waals surface area (Å²) in [5, 5.41) is 0.921. The molecule has 1 aliphatic heterocycles. The van der Waals surface area contributed by atoms with Crippen molar-refractivity contribution in [3.63, 3.8) is 0 Å². The Labute approximate surface area is 177 Å². The van der Waals surface area contributed by atoms with Crippen molar-refractivity contribution >= 4 is 32.6 Å². The van der Waals surface area contributed by atoms with Gasteiger partial charge >= 0.3 is 0 Å². The van der Waals surface area contributed by atoms with Crippen LogP contribution in [-0.2, 0) is 11.2 Å². The number of piperidine rings is 1. The summed E-state index contributed by atoms with van der Waals surface area (Å²) in [5.41, 5.74) is 4.90. The molecule has 0 atom stereocenters.